The number of hydrogen-bond acceptors (Lipinski definition) is 2. The maximum atomic E-state index is 12.5. The van der Waals surface area contributed by atoms with Crippen molar-refractivity contribution in [3.05, 3.63) is 30.1 Å². The first-order valence-corrected chi connectivity index (χ1v) is 4.82. The van der Waals surface area contributed by atoms with Gasteiger partial charge in [0.1, 0.15) is 5.82 Å². The molecule has 82 valence electrons. The van der Waals surface area contributed by atoms with E-state index in [2.05, 4.69) is 5.32 Å². The van der Waals surface area contributed by atoms with Crippen LogP contribution >= 0.6 is 0 Å². The molecule has 0 aliphatic carbocycles. The molecule has 1 unspecified atom stereocenters. The number of carboxylic acid groups (broad SMARTS) is 1. The summed E-state index contributed by atoms with van der Waals surface area (Å²) < 4.78 is 12.5. The van der Waals surface area contributed by atoms with Gasteiger partial charge in [0.05, 0.1) is 5.92 Å². The van der Waals surface area contributed by atoms with Gasteiger partial charge in [0.25, 0.3) is 0 Å². The van der Waals surface area contributed by atoms with Crippen molar-refractivity contribution >= 4 is 11.7 Å². The average Bonchev–Trinajstić information content (AvgIpc) is 2.20. The maximum Gasteiger partial charge on any atom is 0.306 e. The summed E-state index contributed by atoms with van der Waals surface area (Å²) in [6.07, 6.45) is 0.548. The minimum Gasteiger partial charge on any atom is -0.481 e. The largest absolute Gasteiger partial charge is 0.481 e. The van der Waals surface area contributed by atoms with Crippen LogP contribution in [0, 0.1) is 11.7 Å². The van der Waals surface area contributed by atoms with Crippen molar-refractivity contribution in [3.63, 3.8) is 0 Å². The van der Waals surface area contributed by atoms with Gasteiger partial charge in [-0.15, -0.1) is 0 Å². The Morgan fingerprint density at radius 1 is 1.47 bits per heavy atom. The summed E-state index contributed by atoms with van der Waals surface area (Å²) in [7, 11) is 0. The molecule has 3 nitrogen and oxygen atoms in total. The molecule has 0 saturated carbocycles. The number of anilines is 1. The van der Waals surface area contributed by atoms with E-state index in [9.17, 15) is 9.18 Å². The Labute approximate surface area is 87.9 Å². The van der Waals surface area contributed by atoms with Gasteiger partial charge in [0.2, 0.25) is 0 Å². The van der Waals surface area contributed by atoms with Crippen molar-refractivity contribution in [2.75, 3.05) is 11.9 Å². The molecule has 0 spiro atoms. The molecular weight excluding hydrogens is 197 g/mol. The van der Waals surface area contributed by atoms with E-state index in [4.69, 9.17) is 5.11 Å². The molecular formula is C11H14FNO2. The number of aliphatic carboxylic acids is 1. The zero-order valence-electron chi connectivity index (χ0n) is 8.53. The van der Waals surface area contributed by atoms with E-state index < -0.39 is 5.97 Å². The predicted molar refractivity (Wildman–Crippen MR) is 56.3 cm³/mol. The Balaban J connectivity index is 2.32. The van der Waals surface area contributed by atoms with Crippen LogP contribution in [0.1, 0.15) is 13.3 Å². The summed E-state index contributed by atoms with van der Waals surface area (Å²) in [6, 6.07) is 5.98. The fourth-order valence-corrected chi connectivity index (χ4v) is 1.12. The molecule has 1 aromatic carbocycles. The summed E-state index contributed by atoms with van der Waals surface area (Å²) in [5, 5.41) is 11.7. The van der Waals surface area contributed by atoms with Crippen LogP contribution in [0.5, 0.6) is 0 Å². The lowest BCUT2D eigenvalue weighted by Crippen LogP contribution is -2.14. The fourth-order valence-electron chi connectivity index (χ4n) is 1.12. The Bertz CT molecular complexity index is 324. The smallest absolute Gasteiger partial charge is 0.306 e. The van der Waals surface area contributed by atoms with Crippen molar-refractivity contribution in [3.8, 4) is 0 Å². The quantitative estimate of drug-likeness (QED) is 0.786. The first-order chi connectivity index (χ1) is 7.09. The second kappa shape index (κ2) is 5.34. The van der Waals surface area contributed by atoms with Crippen LogP contribution in [-0.2, 0) is 4.79 Å². The van der Waals surface area contributed by atoms with Crippen LogP contribution in [-0.4, -0.2) is 17.6 Å². The standard InChI is InChI=1S/C11H14FNO2/c1-8(11(14)15)6-7-13-10-4-2-9(12)3-5-10/h2-5,8,13H,6-7H2,1H3,(H,14,15). The van der Waals surface area contributed by atoms with E-state index in [1.807, 2.05) is 0 Å². The van der Waals surface area contributed by atoms with Gasteiger partial charge in [-0.3, -0.25) is 4.79 Å². The van der Waals surface area contributed by atoms with Gasteiger partial charge in [-0.25, -0.2) is 4.39 Å². The van der Waals surface area contributed by atoms with Gasteiger partial charge in [-0.1, -0.05) is 6.92 Å². The molecule has 0 heterocycles. The molecule has 4 heteroatoms. The van der Waals surface area contributed by atoms with Crippen molar-refractivity contribution in [1.82, 2.24) is 0 Å². The summed E-state index contributed by atoms with van der Waals surface area (Å²) in [6.45, 7) is 2.23. The first-order valence-electron chi connectivity index (χ1n) is 4.82. The molecule has 1 aromatic rings. The van der Waals surface area contributed by atoms with E-state index in [0.29, 0.717) is 13.0 Å². The van der Waals surface area contributed by atoms with E-state index in [1.165, 1.54) is 12.1 Å². The fraction of sp³-hybridized carbons (Fsp3) is 0.364. The van der Waals surface area contributed by atoms with Crippen LogP contribution in [0.3, 0.4) is 0 Å². The number of halogens is 1. The highest BCUT2D eigenvalue weighted by atomic mass is 19.1. The summed E-state index contributed by atoms with van der Waals surface area (Å²) in [4.78, 5) is 10.5. The topological polar surface area (TPSA) is 49.3 Å². The Kier molecular flexibility index (Phi) is 4.09. The van der Waals surface area contributed by atoms with E-state index in [0.717, 1.165) is 5.69 Å². The Hall–Kier alpha value is -1.58. The second-order valence-electron chi connectivity index (χ2n) is 3.46. The third-order valence-corrected chi connectivity index (χ3v) is 2.17. The van der Waals surface area contributed by atoms with E-state index in [-0.39, 0.29) is 11.7 Å². The molecule has 0 saturated heterocycles. The number of carboxylic acids is 1. The predicted octanol–water partition coefficient (Wildman–Crippen LogP) is 2.35. The molecule has 1 atom stereocenters. The third-order valence-electron chi connectivity index (χ3n) is 2.17. The lowest BCUT2D eigenvalue weighted by atomic mass is 10.1. The SMILES string of the molecule is CC(CCNc1ccc(F)cc1)C(=O)O. The molecule has 0 aromatic heterocycles. The minimum atomic E-state index is -0.795. The van der Waals surface area contributed by atoms with Gasteiger partial charge in [-0.05, 0) is 30.7 Å². The zero-order chi connectivity index (χ0) is 11.3. The van der Waals surface area contributed by atoms with Crippen LogP contribution in [0.15, 0.2) is 24.3 Å². The molecule has 0 amide bonds. The summed E-state index contributed by atoms with van der Waals surface area (Å²) in [5.41, 5.74) is 0.800. The van der Waals surface area contributed by atoms with Crippen molar-refractivity contribution < 1.29 is 14.3 Å². The van der Waals surface area contributed by atoms with E-state index >= 15 is 0 Å². The normalized spacial score (nSPS) is 12.1. The van der Waals surface area contributed by atoms with Crippen molar-refractivity contribution in [2.24, 2.45) is 5.92 Å². The monoisotopic (exact) mass is 211 g/mol. The highest BCUT2D eigenvalue weighted by molar-refractivity contribution is 5.69. The van der Waals surface area contributed by atoms with Crippen LogP contribution in [0.25, 0.3) is 0 Å². The molecule has 1 rings (SSSR count). The van der Waals surface area contributed by atoms with Crippen LogP contribution in [0.2, 0.25) is 0 Å². The molecule has 0 fully saturated rings. The Morgan fingerprint density at radius 2 is 2.07 bits per heavy atom. The first kappa shape index (κ1) is 11.5. The zero-order valence-corrected chi connectivity index (χ0v) is 8.53. The lowest BCUT2D eigenvalue weighted by molar-refractivity contribution is -0.141. The van der Waals surface area contributed by atoms with Crippen LogP contribution in [0.4, 0.5) is 10.1 Å². The number of rotatable bonds is 5. The number of hydrogen-bond donors (Lipinski definition) is 2. The second-order valence-corrected chi connectivity index (χ2v) is 3.46. The summed E-state index contributed by atoms with van der Waals surface area (Å²) >= 11 is 0. The van der Waals surface area contributed by atoms with Crippen molar-refractivity contribution in [2.45, 2.75) is 13.3 Å². The average molecular weight is 211 g/mol. The van der Waals surface area contributed by atoms with Crippen molar-refractivity contribution in [1.29, 1.82) is 0 Å². The molecule has 0 aliphatic rings. The van der Waals surface area contributed by atoms with Gasteiger partial charge < -0.3 is 10.4 Å². The maximum absolute atomic E-state index is 12.5. The molecule has 0 bridgehead atoms. The summed E-state index contributed by atoms with van der Waals surface area (Å²) in [5.74, 6) is -1.44. The van der Waals surface area contributed by atoms with Gasteiger partial charge >= 0.3 is 5.97 Å². The molecule has 0 aliphatic heterocycles. The number of carbonyl (C=O) groups is 1. The highest BCUT2D eigenvalue weighted by Crippen LogP contribution is 2.09. The molecule has 15 heavy (non-hydrogen) atoms. The van der Waals surface area contributed by atoms with E-state index in [1.54, 1.807) is 19.1 Å². The van der Waals surface area contributed by atoms with Gasteiger partial charge in [0, 0.05) is 12.2 Å². The van der Waals surface area contributed by atoms with Gasteiger partial charge in [0.15, 0.2) is 0 Å². The lowest BCUT2D eigenvalue weighted by Gasteiger charge is -2.08. The molecule has 2 N–H and O–H groups in total. The van der Waals surface area contributed by atoms with Gasteiger partial charge in [-0.2, -0.15) is 0 Å². The Morgan fingerprint density at radius 3 is 2.60 bits per heavy atom. The number of benzene rings is 1. The number of nitrogens with one attached hydrogen (secondary N) is 1. The third kappa shape index (κ3) is 3.97. The van der Waals surface area contributed by atoms with Crippen LogP contribution < -0.4 is 5.32 Å². The molecule has 0 radical (unpaired) electrons. The minimum absolute atomic E-state index is 0.278. The highest BCUT2D eigenvalue weighted by Gasteiger charge is 2.09.